The van der Waals surface area contributed by atoms with Gasteiger partial charge in [0.05, 0.1) is 18.6 Å². The number of sulfonamides is 1. The molecule has 3 aromatic rings. The van der Waals surface area contributed by atoms with E-state index in [2.05, 4.69) is 24.7 Å². The number of nitrogens with zero attached hydrogens (tertiary/aromatic N) is 5. The second kappa shape index (κ2) is 7.90. The first-order chi connectivity index (χ1) is 13.3. The van der Waals surface area contributed by atoms with Crippen LogP contribution in [-0.4, -0.2) is 49.6 Å². The van der Waals surface area contributed by atoms with Crippen molar-refractivity contribution in [2.24, 2.45) is 0 Å². The van der Waals surface area contributed by atoms with Crippen LogP contribution < -0.4 is 14.4 Å². The highest BCUT2D eigenvalue weighted by Gasteiger charge is 2.16. The van der Waals surface area contributed by atoms with Gasteiger partial charge in [0, 0.05) is 26.6 Å². The van der Waals surface area contributed by atoms with Crippen LogP contribution in [0.3, 0.4) is 0 Å². The quantitative estimate of drug-likeness (QED) is 0.622. The van der Waals surface area contributed by atoms with Crippen molar-refractivity contribution in [3.63, 3.8) is 0 Å². The van der Waals surface area contributed by atoms with Gasteiger partial charge in [0.15, 0.2) is 11.7 Å². The van der Waals surface area contributed by atoms with Crippen LogP contribution in [0.2, 0.25) is 0 Å². The second-order valence-corrected chi connectivity index (χ2v) is 7.80. The molecular formula is C17H20N6O4S. The van der Waals surface area contributed by atoms with Gasteiger partial charge in [0.25, 0.3) is 0 Å². The summed E-state index contributed by atoms with van der Waals surface area (Å²) >= 11 is 0. The molecule has 2 heterocycles. The van der Waals surface area contributed by atoms with Crippen LogP contribution in [0.15, 0.2) is 39.8 Å². The fraction of sp³-hybridized carbons (Fsp3) is 0.294. The van der Waals surface area contributed by atoms with Crippen molar-refractivity contribution in [3.05, 3.63) is 42.2 Å². The van der Waals surface area contributed by atoms with Crippen LogP contribution in [0.5, 0.6) is 6.01 Å². The molecule has 0 saturated heterocycles. The molecule has 0 spiro atoms. The lowest BCUT2D eigenvalue weighted by atomic mass is 10.2. The lowest BCUT2D eigenvalue weighted by Crippen LogP contribution is -2.25. The molecule has 3 rings (SSSR count). The molecule has 11 heteroatoms. The Labute approximate surface area is 162 Å². The molecule has 0 amide bonds. The van der Waals surface area contributed by atoms with Gasteiger partial charge >= 0.3 is 6.01 Å². The molecule has 10 nitrogen and oxygen atoms in total. The minimum Gasteiger partial charge on any atom is -0.467 e. The maximum Gasteiger partial charge on any atom is 0.321 e. The molecule has 148 valence electrons. The topological polar surface area (TPSA) is 123 Å². The fourth-order valence-corrected chi connectivity index (χ4v) is 3.28. The molecular weight excluding hydrogens is 384 g/mol. The molecule has 0 aliphatic carbocycles. The summed E-state index contributed by atoms with van der Waals surface area (Å²) in [4.78, 5) is 18.4. The van der Waals surface area contributed by atoms with Crippen molar-refractivity contribution in [2.45, 2.75) is 18.4 Å². The summed E-state index contributed by atoms with van der Waals surface area (Å²) in [7, 11) is 1.21. The summed E-state index contributed by atoms with van der Waals surface area (Å²) in [5.74, 6) is 1.15. The summed E-state index contributed by atoms with van der Waals surface area (Å²) in [5, 5.41) is 0. The third-order valence-electron chi connectivity index (χ3n) is 3.73. The Morgan fingerprint density at radius 2 is 1.82 bits per heavy atom. The molecule has 1 aromatic carbocycles. The van der Waals surface area contributed by atoms with E-state index in [1.807, 2.05) is 0 Å². The van der Waals surface area contributed by atoms with Gasteiger partial charge in [-0.1, -0.05) is 12.1 Å². The maximum absolute atomic E-state index is 12.6. The largest absolute Gasteiger partial charge is 0.467 e. The van der Waals surface area contributed by atoms with Crippen LogP contribution in [0, 0.1) is 6.92 Å². The Bertz CT molecular complexity index is 1060. The molecule has 0 aliphatic rings. The van der Waals surface area contributed by atoms with Gasteiger partial charge in [0.1, 0.15) is 12.0 Å². The summed E-state index contributed by atoms with van der Waals surface area (Å²) in [6, 6.07) is 6.45. The van der Waals surface area contributed by atoms with Gasteiger partial charge < -0.3 is 14.1 Å². The Balaban J connectivity index is 1.76. The molecule has 0 saturated carbocycles. The lowest BCUT2D eigenvalue weighted by Gasteiger charge is -2.12. The molecule has 0 bridgehead atoms. The number of hydrogen-bond acceptors (Lipinski definition) is 9. The number of nitrogens with one attached hydrogen (secondary N) is 1. The number of anilines is 1. The van der Waals surface area contributed by atoms with E-state index in [4.69, 9.17) is 9.15 Å². The van der Waals surface area contributed by atoms with E-state index in [-0.39, 0.29) is 23.3 Å². The number of benzene rings is 1. The molecule has 0 unspecified atom stereocenters. The molecule has 1 N–H and O–H groups in total. The van der Waals surface area contributed by atoms with E-state index in [1.54, 1.807) is 38.1 Å². The monoisotopic (exact) mass is 404 g/mol. The van der Waals surface area contributed by atoms with Crippen molar-refractivity contribution in [1.29, 1.82) is 0 Å². The molecule has 0 radical (unpaired) electrons. The van der Waals surface area contributed by atoms with Gasteiger partial charge in [-0.15, -0.1) is 0 Å². The normalized spacial score (nSPS) is 11.4. The maximum atomic E-state index is 12.6. The number of hydrogen-bond donors (Lipinski definition) is 1. The summed E-state index contributed by atoms with van der Waals surface area (Å²) < 4.78 is 37.8. The molecule has 0 atom stereocenters. The number of oxazole rings is 1. The predicted molar refractivity (Wildman–Crippen MR) is 101 cm³/mol. The van der Waals surface area contributed by atoms with Crippen molar-refractivity contribution in [1.82, 2.24) is 24.7 Å². The van der Waals surface area contributed by atoms with Crippen molar-refractivity contribution in [3.8, 4) is 17.3 Å². The Kier molecular flexibility index (Phi) is 5.56. The molecule has 2 aromatic heterocycles. The Hall–Kier alpha value is -3.05. The van der Waals surface area contributed by atoms with Crippen LogP contribution in [-0.2, 0) is 16.6 Å². The van der Waals surface area contributed by atoms with E-state index in [0.717, 1.165) is 5.56 Å². The second-order valence-electron chi connectivity index (χ2n) is 6.03. The standard InChI is InChI=1S/C17H20N6O4S/c1-11-19-14(10-27-11)12-5-7-13(8-6-12)28(24,25)18-9-15-20-16(23(2)3)22-17(21-15)26-4/h5-8,10,18H,9H2,1-4H3. The van der Waals surface area contributed by atoms with Crippen LogP contribution in [0.4, 0.5) is 5.95 Å². The molecule has 0 fully saturated rings. The number of methoxy groups -OCH3 is 1. The first-order valence-corrected chi connectivity index (χ1v) is 9.75. The van der Waals surface area contributed by atoms with Crippen molar-refractivity contribution in [2.75, 3.05) is 26.1 Å². The van der Waals surface area contributed by atoms with Gasteiger partial charge in [-0.2, -0.15) is 15.0 Å². The highest BCUT2D eigenvalue weighted by atomic mass is 32.2. The van der Waals surface area contributed by atoms with E-state index in [9.17, 15) is 8.42 Å². The summed E-state index contributed by atoms with van der Waals surface area (Å²) in [6.07, 6.45) is 1.52. The zero-order valence-electron chi connectivity index (χ0n) is 15.9. The highest BCUT2D eigenvalue weighted by Crippen LogP contribution is 2.21. The molecule has 0 aliphatic heterocycles. The van der Waals surface area contributed by atoms with Gasteiger partial charge in [-0.25, -0.2) is 18.1 Å². The first kappa shape index (κ1) is 19.7. The average molecular weight is 404 g/mol. The third-order valence-corrected chi connectivity index (χ3v) is 5.15. The minimum absolute atomic E-state index is 0.105. The minimum atomic E-state index is -3.75. The zero-order valence-corrected chi connectivity index (χ0v) is 16.7. The number of aryl methyl sites for hydroxylation is 1. The Morgan fingerprint density at radius 1 is 1.11 bits per heavy atom. The van der Waals surface area contributed by atoms with Gasteiger partial charge in [0.2, 0.25) is 16.0 Å². The van der Waals surface area contributed by atoms with Gasteiger partial charge in [-0.05, 0) is 12.1 Å². The fourth-order valence-electron chi connectivity index (χ4n) is 2.30. The number of ether oxygens (including phenoxy) is 1. The zero-order chi connectivity index (χ0) is 20.3. The highest BCUT2D eigenvalue weighted by molar-refractivity contribution is 7.89. The SMILES string of the molecule is COc1nc(CNS(=O)(=O)c2ccc(-c3coc(C)n3)cc2)nc(N(C)C)n1. The van der Waals surface area contributed by atoms with Crippen LogP contribution in [0.25, 0.3) is 11.3 Å². The van der Waals surface area contributed by atoms with E-state index in [1.165, 1.54) is 25.5 Å². The molecule has 28 heavy (non-hydrogen) atoms. The van der Waals surface area contributed by atoms with Crippen molar-refractivity contribution >= 4 is 16.0 Å². The third kappa shape index (κ3) is 4.43. The summed E-state index contributed by atoms with van der Waals surface area (Å²) in [6.45, 7) is 1.64. The Morgan fingerprint density at radius 3 is 2.39 bits per heavy atom. The van der Waals surface area contributed by atoms with Crippen LogP contribution in [0.1, 0.15) is 11.7 Å². The number of aromatic nitrogens is 4. The van der Waals surface area contributed by atoms with E-state index >= 15 is 0 Å². The van der Waals surface area contributed by atoms with Crippen molar-refractivity contribution < 1.29 is 17.6 Å². The first-order valence-electron chi connectivity index (χ1n) is 8.27. The van der Waals surface area contributed by atoms with Gasteiger partial charge in [-0.3, -0.25) is 0 Å². The average Bonchev–Trinajstić information content (AvgIpc) is 3.12. The lowest BCUT2D eigenvalue weighted by molar-refractivity contribution is 0.375. The predicted octanol–water partition coefficient (Wildman–Crippen LogP) is 1.39. The van der Waals surface area contributed by atoms with E-state index < -0.39 is 10.0 Å². The summed E-state index contributed by atoms with van der Waals surface area (Å²) in [5.41, 5.74) is 1.40. The number of rotatable bonds is 7. The smallest absolute Gasteiger partial charge is 0.321 e. The van der Waals surface area contributed by atoms with E-state index in [0.29, 0.717) is 17.5 Å². The van der Waals surface area contributed by atoms with Crippen LogP contribution >= 0.6 is 0 Å².